The smallest absolute Gasteiger partial charge is 0.255 e. The molecule has 0 radical (unpaired) electrons. The average Bonchev–Trinajstić information content (AvgIpc) is 3.30. The number of pyridine rings is 2. The standard InChI is InChI=1S/C49H48N6O7S.C2H6/c1-6-39(40-20-21-44(57)55-45(40)30(2)3)43(56)29-51-22-9-7-8-13-32-14-10-16-34(24-32)54-49(59)33-15-11-19-37(25-33)63(60,61)38-23-31(4)46-41(27-38)47(42(28-52-46)48(50)58)53-35-17-12-18-36(26-35)62-5;1-2/h6,10-12,14-21,23-28,43,51,56H,1,7,9,22,29H2,2-5H3,(H2,50,58)(H,52,53)(H,54,59)(H,55,57);1-2H3/b40-39+;. The van der Waals surface area contributed by atoms with Crippen LogP contribution in [0.25, 0.3) is 22.0 Å². The number of aliphatic hydroxyl groups is 1. The Morgan fingerprint density at radius 1 is 0.969 bits per heavy atom. The maximum atomic E-state index is 14.2. The Labute approximate surface area is 379 Å². The number of benzene rings is 4. The number of H-pyrrole nitrogens is 1. The van der Waals surface area contributed by atoms with Gasteiger partial charge in [0.25, 0.3) is 11.8 Å². The summed E-state index contributed by atoms with van der Waals surface area (Å²) in [5.74, 6) is 5.56. The van der Waals surface area contributed by atoms with Crippen LogP contribution in [-0.2, 0) is 9.84 Å². The number of primary amides is 1. The minimum atomic E-state index is -4.19. The number of carbonyl (C=O) groups excluding carboxylic acids is 2. The number of carbonyl (C=O) groups is 2. The van der Waals surface area contributed by atoms with E-state index in [-0.39, 0.29) is 38.7 Å². The van der Waals surface area contributed by atoms with Gasteiger partial charge in [-0.05, 0) is 112 Å². The third-order valence-corrected chi connectivity index (χ3v) is 11.8. The molecule has 0 aliphatic rings. The van der Waals surface area contributed by atoms with E-state index in [1.165, 1.54) is 55.8 Å². The predicted molar refractivity (Wildman–Crippen MR) is 259 cm³/mol. The third kappa shape index (κ3) is 12.0. The summed E-state index contributed by atoms with van der Waals surface area (Å²) in [7, 11) is -2.66. The number of fused-ring (bicyclic) bond motifs is 1. The summed E-state index contributed by atoms with van der Waals surface area (Å²) >= 11 is 0. The average molecular weight is 895 g/mol. The topological polar surface area (TPSA) is 206 Å². The number of sulfone groups is 1. The highest BCUT2D eigenvalue weighted by Gasteiger charge is 2.24. The number of nitrogens with zero attached hydrogens (tertiary/aromatic N) is 1. The number of anilines is 3. The van der Waals surface area contributed by atoms with Crippen molar-refractivity contribution in [2.45, 2.75) is 63.4 Å². The first-order valence-electron chi connectivity index (χ1n) is 21.0. The van der Waals surface area contributed by atoms with Crippen LogP contribution in [-0.4, -0.2) is 61.6 Å². The minimum Gasteiger partial charge on any atom is -0.497 e. The van der Waals surface area contributed by atoms with Gasteiger partial charge >= 0.3 is 0 Å². The van der Waals surface area contributed by atoms with Crippen molar-refractivity contribution >= 4 is 60.8 Å². The van der Waals surface area contributed by atoms with E-state index in [1.54, 1.807) is 61.5 Å². The van der Waals surface area contributed by atoms with Crippen molar-refractivity contribution in [2.24, 2.45) is 5.73 Å². The predicted octanol–water partition coefficient (Wildman–Crippen LogP) is 6.50. The number of methoxy groups -OCH3 is 1. The summed E-state index contributed by atoms with van der Waals surface area (Å²) in [6, 6.07) is 25.9. The van der Waals surface area contributed by atoms with Crippen molar-refractivity contribution in [3.8, 4) is 17.6 Å². The number of aromatic nitrogens is 2. The van der Waals surface area contributed by atoms with Gasteiger partial charge in [-0.15, -0.1) is 0 Å². The molecule has 2 aromatic heterocycles. The first-order valence-corrected chi connectivity index (χ1v) is 22.5. The molecule has 0 aliphatic carbocycles. The van der Waals surface area contributed by atoms with Crippen LogP contribution in [0.2, 0.25) is 0 Å². The van der Waals surface area contributed by atoms with E-state index in [2.05, 4.69) is 44.3 Å². The molecule has 14 heteroatoms. The molecule has 0 fully saturated rings. The summed E-state index contributed by atoms with van der Waals surface area (Å²) in [6.07, 6.45) is 3.42. The molecule has 6 aromatic rings. The quantitative estimate of drug-likeness (QED) is 0.0488. The fraction of sp³-hybridized carbons (Fsp3) is 0.216. The molecule has 0 spiro atoms. The Kier molecular flexibility index (Phi) is 16.8. The molecule has 0 saturated heterocycles. The van der Waals surface area contributed by atoms with Crippen molar-refractivity contribution in [3.63, 3.8) is 0 Å². The van der Waals surface area contributed by atoms with Crippen LogP contribution in [0.3, 0.4) is 0 Å². The van der Waals surface area contributed by atoms with E-state index < -0.39 is 27.8 Å². The molecule has 13 nitrogen and oxygen atoms in total. The number of amides is 2. The molecule has 6 rings (SSSR count). The number of hydrogen-bond acceptors (Lipinski definition) is 10. The molecule has 1 unspecified atom stereocenters. The van der Waals surface area contributed by atoms with Gasteiger partial charge < -0.3 is 36.5 Å². The molecule has 2 amide bonds. The first kappa shape index (κ1) is 48.7. The number of aryl methyl sites for hydroxylation is 1. The van der Waals surface area contributed by atoms with Gasteiger partial charge in [-0.2, -0.15) is 0 Å². The maximum Gasteiger partial charge on any atom is 0.255 e. The SMILES string of the molecule is C=C/C(=c1/ccc(=O)[nH]c1=C(C)C)C(O)CNCCCC#Cc1cccc(NC(=O)c2cccc(S(=O)(=O)c3cc(C)c4ncc(C(N)=O)c(Nc5cccc(OC)c5)c4c3)c2)c1.CC. The number of rotatable bonds is 15. The lowest BCUT2D eigenvalue weighted by Crippen LogP contribution is -2.40. The molecule has 65 heavy (non-hydrogen) atoms. The summed E-state index contributed by atoms with van der Waals surface area (Å²) in [5.41, 5.74) is 10.3. The van der Waals surface area contributed by atoms with E-state index in [0.29, 0.717) is 63.0 Å². The van der Waals surface area contributed by atoms with Crippen LogP contribution in [0.5, 0.6) is 5.75 Å². The zero-order valence-electron chi connectivity index (χ0n) is 37.3. The summed E-state index contributed by atoms with van der Waals surface area (Å²) in [6.45, 7) is 14.3. The maximum absolute atomic E-state index is 14.2. The summed E-state index contributed by atoms with van der Waals surface area (Å²) in [5, 5.41) is 21.9. The van der Waals surface area contributed by atoms with Crippen molar-refractivity contribution in [2.75, 3.05) is 30.8 Å². The monoisotopic (exact) mass is 894 g/mol. The highest BCUT2D eigenvalue weighted by atomic mass is 32.2. The molecule has 1 atom stereocenters. The Bertz CT molecular complexity index is 3110. The highest BCUT2D eigenvalue weighted by Crippen LogP contribution is 2.35. The van der Waals surface area contributed by atoms with Crippen LogP contribution in [0, 0.1) is 18.8 Å². The second-order valence-electron chi connectivity index (χ2n) is 14.9. The van der Waals surface area contributed by atoms with Crippen LogP contribution in [0.4, 0.5) is 17.1 Å². The van der Waals surface area contributed by atoms with Gasteiger partial charge in [-0.1, -0.05) is 62.1 Å². The van der Waals surface area contributed by atoms with Crippen LogP contribution in [0.1, 0.15) is 72.4 Å². The van der Waals surface area contributed by atoms with Crippen LogP contribution >= 0.6 is 0 Å². The lowest BCUT2D eigenvalue weighted by atomic mass is 10.1. The Balaban J connectivity index is 0.00000391. The number of unbranched alkanes of at least 4 members (excludes halogenated alkanes) is 1. The number of hydrogen-bond donors (Lipinski definition) is 6. The molecule has 336 valence electrons. The molecule has 0 saturated carbocycles. The fourth-order valence-corrected chi connectivity index (χ4v) is 8.35. The fourth-order valence-electron chi connectivity index (χ4n) is 6.94. The first-order chi connectivity index (χ1) is 31.2. The van der Waals surface area contributed by atoms with Crippen molar-refractivity contribution in [1.29, 1.82) is 0 Å². The highest BCUT2D eigenvalue weighted by molar-refractivity contribution is 7.91. The van der Waals surface area contributed by atoms with E-state index >= 15 is 0 Å². The number of ether oxygens (including phenoxy) is 1. The Morgan fingerprint density at radius 3 is 2.43 bits per heavy atom. The second kappa shape index (κ2) is 22.4. The molecule has 0 aliphatic heterocycles. The number of nitrogens with one attached hydrogen (secondary N) is 4. The minimum absolute atomic E-state index is 0.0655. The van der Waals surface area contributed by atoms with Crippen molar-refractivity contribution < 1.29 is 27.9 Å². The zero-order chi connectivity index (χ0) is 47.3. The van der Waals surface area contributed by atoms with E-state index in [1.807, 2.05) is 33.8 Å². The largest absolute Gasteiger partial charge is 0.497 e. The van der Waals surface area contributed by atoms with Gasteiger partial charge in [-0.25, -0.2) is 8.42 Å². The number of aliphatic hydroxyl groups excluding tert-OH is 1. The number of nitrogens with two attached hydrogens (primary N) is 1. The van der Waals surface area contributed by atoms with Gasteiger partial charge in [0.1, 0.15) is 5.75 Å². The van der Waals surface area contributed by atoms with Crippen LogP contribution < -0.4 is 42.5 Å². The molecule has 4 aromatic carbocycles. The van der Waals surface area contributed by atoms with Gasteiger partial charge in [0.05, 0.1) is 39.8 Å². The van der Waals surface area contributed by atoms with Gasteiger partial charge in [0.2, 0.25) is 15.4 Å². The van der Waals surface area contributed by atoms with Crippen molar-refractivity contribution in [1.82, 2.24) is 15.3 Å². The Morgan fingerprint density at radius 2 is 1.71 bits per heavy atom. The normalized spacial score (nSPS) is 11.8. The Hall–Kier alpha value is -7.31. The van der Waals surface area contributed by atoms with Gasteiger partial charge in [-0.3, -0.25) is 19.4 Å². The summed E-state index contributed by atoms with van der Waals surface area (Å²) in [4.78, 5) is 45.0. The third-order valence-electron chi connectivity index (χ3n) is 10.1. The molecular weight excluding hydrogens is 841 g/mol. The molecule has 7 N–H and O–H groups in total. The lowest BCUT2D eigenvalue weighted by Gasteiger charge is -2.16. The van der Waals surface area contributed by atoms with Crippen LogP contribution in [0.15, 0.2) is 130 Å². The molecular formula is C51H54N6O7S. The van der Waals surface area contributed by atoms with E-state index in [0.717, 1.165) is 17.2 Å². The zero-order valence-corrected chi connectivity index (χ0v) is 38.2. The lowest BCUT2D eigenvalue weighted by molar-refractivity contribution is 0.0998. The second-order valence-corrected chi connectivity index (χ2v) is 16.8. The van der Waals surface area contributed by atoms with E-state index in [4.69, 9.17) is 10.5 Å². The summed E-state index contributed by atoms with van der Waals surface area (Å²) < 4.78 is 33.7. The molecule has 2 heterocycles. The molecule has 0 bridgehead atoms. The van der Waals surface area contributed by atoms with Crippen molar-refractivity contribution in [3.05, 3.63) is 159 Å². The number of aromatic amines is 1. The van der Waals surface area contributed by atoms with Gasteiger partial charge in [0.15, 0.2) is 0 Å². The van der Waals surface area contributed by atoms with Gasteiger partial charge in [0, 0.05) is 69.8 Å². The van der Waals surface area contributed by atoms with E-state index in [9.17, 15) is 27.9 Å².